The summed E-state index contributed by atoms with van der Waals surface area (Å²) in [7, 11) is 1.83. The van der Waals surface area contributed by atoms with E-state index in [0.29, 0.717) is 12.0 Å². The number of hydrogen-bond acceptors (Lipinski definition) is 4. The Kier molecular flexibility index (Phi) is 2.39. The fourth-order valence-corrected chi connectivity index (χ4v) is 2.09. The molecule has 1 saturated carbocycles. The topological polar surface area (TPSA) is 65.6 Å². The van der Waals surface area contributed by atoms with Crippen LogP contribution in [0.2, 0.25) is 0 Å². The van der Waals surface area contributed by atoms with Gasteiger partial charge >= 0.3 is 0 Å². The maximum Gasteiger partial charge on any atom is 0.226 e. The summed E-state index contributed by atoms with van der Waals surface area (Å²) in [5, 5.41) is 7.53. The lowest BCUT2D eigenvalue weighted by Crippen LogP contribution is -2.18. The Hall–Kier alpha value is -1.78. The van der Waals surface area contributed by atoms with Crippen LogP contribution in [0.4, 0.5) is 11.8 Å². The monoisotopic (exact) mass is 231 g/mol. The summed E-state index contributed by atoms with van der Waals surface area (Å²) < 4.78 is 0. The number of nitrogens with zero attached hydrogens (tertiary/aromatic N) is 2. The summed E-state index contributed by atoms with van der Waals surface area (Å²) in [6, 6.07) is 2.49. The zero-order valence-corrected chi connectivity index (χ0v) is 10.1. The molecule has 0 radical (unpaired) electrons. The molecule has 17 heavy (non-hydrogen) atoms. The van der Waals surface area contributed by atoms with Crippen molar-refractivity contribution in [2.45, 2.75) is 25.8 Å². The van der Waals surface area contributed by atoms with E-state index < -0.39 is 0 Å². The Balaban J connectivity index is 1.97. The average molecular weight is 231 g/mol. The zero-order valence-electron chi connectivity index (χ0n) is 10.1. The first-order chi connectivity index (χ1) is 8.28. The Morgan fingerprint density at radius 3 is 2.94 bits per heavy atom. The molecule has 2 aromatic rings. The smallest absolute Gasteiger partial charge is 0.226 e. The number of rotatable bonds is 4. The predicted molar refractivity (Wildman–Crippen MR) is 69.2 cm³/mol. The molecule has 0 unspecified atom stereocenters. The quantitative estimate of drug-likeness (QED) is 0.754. The maximum absolute atomic E-state index is 4.49. The fraction of sp³-hybridized carbons (Fsp3) is 0.500. The van der Waals surface area contributed by atoms with E-state index in [1.165, 1.54) is 12.8 Å². The minimum atomic E-state index is 0.479. The van der Waals surface area contributed by atoms with Crippen LogP contribution in [0.3, 0.4) is 0 Å². The molecule has 2 heterocycles. The van der Waals surface area contributed by atoms with Gasteiger partial charge in [0.05, 0.1) is 5.39 Å². The van der Waals surface area contributed by atoms with E-state index in [-0.39, 0.29) is 0 Å². The van der Waals surface area contributed by atoms with Crippen molar-refractivity contribution in [3.8, 4) is 0 Å². The summed E-state index contributed by atoms with van der Waals surface area (Å²) in [4.78, 5) is 12.0. The van der Waals surface area contributed by atoms with Crippen LogP contribution in [0, 0.1) is 5.92 Å². The van der Waals surface area contributed by atoms with Crippen LogP contribution < -0.4 is 10.6 Å². The Morgan fingerprint density at radius 1 is 1.41 bits per heavy atom. The molecule has 0 aromatic carbocycles. The average Bonchev–Trinajstić information content (AvgIpc) is 3.07. The molecule has 2 aromatic heterocycles. The van der Waals surface area contributed by atoms with Crippen LogP contribution in [0.5, 0.6) is 0 Å². The maximum atomic E-state index is 4.49. The summed E-state index contributed by atoms with van der Waals surface area (Å²) in [6.07, 6.45) is 4.55. The van der Waals surface area contributed by atoms with Gasteiger partial charge in [-0.1, -0.05) is 0 Å². The molecular weight excluding hydrogens is 214 g/mol. The highest BCUT2D eigenvalue weighted by atomic mass is 15.2. The van der Waals surface area contributed by atoms with E-state index in [9.17, 15) is 0 Å². The lowest BCUT2D eigenvalue weighted by atomic mass is 10.2. The summed E-state index contributed by atoms with van der Waals surface area (Å²) >= 11 is 0. The Bertz CT molecular complexity index is 529. The molecule has 5 nitrogen and oxygen atoms in total. The van der Waals surface area contributed by atoms with E-state index >= 15 is 0 Å². The lowest BCUT2D eigenvalue weighted by molar-refractivity contribution is 0.691. The molecule has 1 atom stereocenters. The van der Waals surface area contributed by atoms with E-state index in [1.807, 2.05) is 19.3 Å². The van der Waals surface area contributed by atoms with Crippen LogP contribution in [0.25, 0.3) is 11.0 Å². The van der Waals surface area contributed by atoms with Crippen molar-refractivity contribution in [2.75, 3.05) is 17.7 Å². The van der Waals surface area contributed by atoms with Crippen LogP contribution in [0.15, 0.2) is 12.3 Å². The van der Waals surface area contributed by atoms with Crippen molar-refractivity contribution in [1.82, 2.24) is 15.0 Å². The van der Waals surface area contributed by atoms with Crippen LogP contribution >= 0.6 is 0 Å². The molecule has 0 spiro atoms. The highest BCUT2D eigenvalue weighted by Gasteiger charge is 2.28. The molecule has 0 bridgehead atoms. The third-order valence-corrected chi connectivity index (χ3v) is 3.33. The molecule has 0 aliphatic heterocycles. The van der Waals surface area contributed by atoms with E-state index in [2.05, 4.69) is 32.5 Å². The molecule has 3 N–H and O–H groups in total. The van der Waals surface area contributed by atoms with E-state index in [4.69, 9.17) is 0 Å². The van der Waals surface area contributed by atoms with Crippen LogP contribution in [-0.4, -0.2) is 28.0 Å². The van der Waals surface area contributed by atoms with Gasteiger partial charge in [0.25, 0.3) is 0 Å². The van der Waals surface area contributed by atoms with Crippen molar-refractivity contribution in [2.24, 2.45) is 5.92 Å². The van der Waals surface area contributed by atoms with Crippen molar-refractivity contribution in [3.05, 3.63) is 12.3 Å². The van der Waals surface area contributed by atoms with Gasteiger partial charge in [0.15, 0.2) is 0 Å². The minimum absolute atomic E-state index is 0.479. The van der Waals surface area contributed by atoms with Gasteiger partial charge in [-0.15, -0.1) is 0 Å². The number of hydrogen-bond donors (Lipinski definition) is 3. The molecule has 0 saturated heterocycles. The normalized spacial score (nSPS) is 17.1. The number of aromatic nitrogens is 3. The standard InChI is InChI=1S/C12H17N5/c1-7(8-3-4-8)15-11-9-5-6-14-10(9)16-12(13-2)17-11/h5-8H,3-4H2,1-2H3,(H3,13,14,15,16,17)/t7-/m0/s1. The first-order valence-electron chi connectivity index (χ1n) is 6.07. The molecule has 1 aliphatic rings. The van der Waals surface area contributed by atoms with Gasteiger partial charge in [0, 0.05) is 19.3 Å². The van der Waals surface area contributed by atoms with Crippen molar-refractivity contribution >= 4 is 22.8 Å². The van der Waals surface area contributed by atoms with Gasteiger partial charge in [-0.3, -0.25) is 0 Å². The first kappa shape index (κ1) is 10.4. The van der Waals surface area contributed by atoms with Gasteiger partial charge in [-0.05, 0) is 31.7 Å². The SMILES string of the molecule is CNc1nc(N[C@@H](C)C2CC2)c2cc[nH]c2n1. The molecule has 5 heteroatoms. The summed E-state index contributed by atoms with van der Waals surface area (Å²) in [5.74, 6) is 2.36. The number of H-pyrrole nitrogens is 1. The van der Waals surface area contributed by atoms with Crippen molar-refractivity contribution < 1.29 is 0 Å². The molecule has 1 aliphatic carbocycles. The molecule has 90 valence electrons. The number of aromatic amines is 1. The number of nitrogens with one attached hydrogen (secondary N) is 3. The van der Waals surface area contributed by atoms with Gasteiger partial charge in [0.2, 0.25) is 5.95 Å². The third kappa shape index (κ3) is 1.92. The molecule has 3 rings (SSSR count). The fourth-order valence-electron chi connectivity index (χ4n) is 2.09. The highest BCUT2D eigenvalue weighted by Crippen LogP contribution is 2.34. The van der Waals surface area contributed by atoms with Crippen molar-refractivity contribution in [1.29, 1.82) is 0 Å². The number of anilines is 2. The third-order valence-electron chi connectivity index (χ3n) is 3.33. The minimum Gasteiger partial charge on any atom is -0.367 e. The van der Waals surface area contributed by atoms with Gasteiger partial charge < -0.3 is 15.6 Å². The van der Waals surface area contributed by atoms with E-state index in [0.717, 1.165) is 22.8 Å². The second kappa shape index (κ2) is 3.91. The van der Waals surface area contributed by atoms with E-state index in [1.54, 1.807) is 0 Å². The second-order valence-corrected chi connectivity index (χ2v) is 4.66. The number of fused-ring (bicyclic) bond motifs is 1. The molecular formula is C12H17N5. The second-order valence-electron chi connectivity index (χ2n) is 4.66. The Morgan fingerprint density at radius 2 is 2.24 bits per heavy atom. The van der Waals surface area contributed by atoms with Crippen molar-refractivity contribution in [3.63, 3.8) is 0 Å². The predicted octanol–water partition coefficient (Wildman–Crippen LogP) is 2.21. The van der Waals surface area contributed by atoms with Crippen LogP contribution in [0.1, 0.15) is 19.8 Å². The first-order valence-corrected chi connectivity index (χ1v) is 6.07. The Labute approximate surface area is 100 Å². The summed E-state index contributed by atoms with van der Waals surface area (Å²) in [6.45, 7) is 2.22. The van der Waals surface area contributed by atoms with Gasteiger partial charge in [-0.25, -0.2) is 0 Å². The highest BCUT2D eigenvalue weighted by molar-refractivity contribution is 5.88. The summed E-state index contributed by atoms with van der Waals surface area (Å²) in [5.41, 5.74) is 0.870. The largest absolute Gasteiger partial charge is 0.367 e. The molecule has 0 amide bonds. The van der Waals surface area contributed by atoms with Crippen LogP contribution in [-0.2, 0) is 0 Å². The van der Waals surface area contributed by atoms with Gasteiger partial charge in [0.1, 0.15) is 11.5 Å². The van der Waals surface area contributed by atoms with Gasteiger partial charge in [-0.2, -0.15) is 9.97 Å². The zero-order chi connectivity index (χ0) is 11.8. The lowest BCUT2D eigenvalue weighted by Gasteiger charge is -2.14. The molecule has 1 fully saturated rings.